The van der Waals surface area contributed by atoms with Crippen molar-refractivity contribution < 1.29 is 9.47 Å². The smallest absolute Gasteiger partial charge is 0.195 e. The largest absolute Gasteiger partial charge is 0.378 e. The van der Waals surface area contributed by atoms with E-state index in [1.54, 1.807) is 7.11 Å². The Kier molecular flexibility index (Phi) is 2.90. The maximum absolute atomic E-state index is 5.55. The average Bonchev–Trinajstić information content (AvgIpc) is 2.81. The van der Waals surface area contributed by atoms with Gasteiger partial charge in [-0.1, -0.05) is 0 Å². The first kappa shape index (κ1) is 10.8. The van der Waals surface area contributed by atoms with E-state index in [9.17, 15) is 0 Å². The zero-order valence-corrected chi connectivity index (χ0v) is 9.76. The minimum Gasteiger partial charge on any atom is -0.378 e. The van der Waals surface area contributed by atoms with E-state index in [1.165, 1.54) is 0 Å². The molecule has 1 fully saturated rings. The maximum Gasteiger partial charge on any atom is 0.195 e. The van der Waals surface area contributed by atoms with E-state index in [4.69, 9.17) is 21.7 Å². The standard InChI is InChI=1S/C9H15N3O2S/c1-7-10-11-8(15)12(7)5-9(13-2)3-4-14-6-9/h3-6H2,1-2H3,(H,11,15). The highest BCUT2D eigenvalue weighted by atomic mass is 32.1. The molecule has 0 saturated carbocycles. The van der Waals surface area contributed by atoms with Gasteiger partial charge in [0.15, 0.2) is 4.77 Å². The van der Waals surface area contributed by atoms with Crippen LogP contribution in [0.15, 0.2) is 0 Å². The summed E-state index contributed by atoms with van der Waals surface area (Å²) in [5.41, 5.74) is -0.243. The number of hydrogen-bond donors (Lipinski definition) is 1. The highest BCUT2D eigenvalue weighted by Gasteiger charge is 2.35. The molecule has 1 unspecified atom stereocenters. The molecule has 1 N–H and O–H groups in total. The fourth-order valence-electron chi connectivity index (χ4n) is 1.81. The van der Waals surface area contributed by atoms with E-state index in [-0.39, 0.29) is 5.60 Å². The van der Waals surface area contributed by atoms with Crippen LogP contribution in [0.5, 0.6) is 0 Å². The van der Waals surface area contributed by atoms with E-state index in [1.807, 2.05) is 11.5 Å². The van der Waals surface area contributed by atoms with Crippen molar-refractivity contribution in [1.82, 2.24) is 14.8 Å². The molecule has 1 aromatic rings. The van der Waals surface area contributed by atoms with Crippen LogP contribution in [0.2, 0.25) is 0 Å². The van der Waals surface area contributed by atoms with E-state index in [2.05, 4.69) is 10.2 Å². The Hall–Kier alpha value is -0.720. The third-order valence-corrected chi connectivity index (χ3v) is 3.21. The molecule has 2 heterocycles. The Morgan fingerprint density at radius 2 is 2.53 bits per heavy atom. The van der Waals surface area contributed by atoms with E-state index in [0.29, 0.717) is 17.9 Å². The number of H-pyrrole nitrogens is 1. The van der Waals surface area contributed by atoms with Crippen molar-refractivity contribution in [3.8, 4) is 0 Å². The van der Waals surface area contributed by atoms with Crippen LogP contribution in [0.1, 0.15) is 12.2 Å². The van der Waals surface area contributed by atoms with Crippen LogP contribution in [0, 0.1) is 11.7 Å². The number of aryl methyl sites for hydroxylation is 1. The number of nitrogens with one attached hydrogen (secondary N) is 1. The summed E-state index contributed by atoms with van der Waals surface area (Å²) in [5.74, 6) is 0.878. The predicted octanol–water partition coefficient (Wildman–Crippen LogP) is 1.05. The number of aromatic nitrogens is 3. The second kappa shape index (κ2) is 4.03. The highest BCUT2D eigenvalue weighted by Crippen LogP contribution is 2.24. The van der Waals surface area contributed by atoms with Gasteiger partial charge in [0.1, 0.15) is 11.4 Å². The topological polar surface area (TPSA) is 52.1 Å². The maximum atomic E-state index is 5.55. The molecular weight excluding hydrogens is 214 g/mol. The van der Waals surface area contributed by atoms with Crippen LogP contribution in [-0.4, -0.2) is 40.7 Å². The molecule has 5 nitrogen and oxygen atoms in total. The molecule has 0 bridgehead atoms. The van der Waals surface area contributed by atoms with Crippen molar-refractivity contribution in [1.29, 1.82) is 0 Å². The van der Waals surface area contributed by atoms with Crippen molar-refractivity contribution >= 4 is 12.2 Å². The van der Waals surface area contributed by atoms with Gasteiger partial charge in [-0.3, -0.25) is 5.10 Å². The monoisotopic (exact) mass is 229 g/mol. The number of ether oxygens (including phenoxy) is 2. The van der Waals surface area contributed by atoms with Crippen molar-refractivity contribution in [3.05, 3.63) is 10.6 Å². The summed E-state index contributed by atoms with van der Waals surface area (Å²) >= 11 is 5.15. The van der Waals surface area contributed by atoms with E-state index in [0.717, 1.165) is 18.9 Å². The third-order valence-electron chi connectivity index (χ3n) is 2.90. The molecule has 1 aliphatic heterocycles. The summed E-state index contributed by atoms with van der Waals surface area (Å²) in [6.07, 6.45) is 0.899. The van der Waals surface area contributed by atoms with Gasteiger partial charge in [-0.05, 0) is 19.1 Å². The second-order valence-electron chi connectivity index (χ2n) is 3.85. The summed E-state index contributed by atoms with van der Waals surface area (Å²) in [4.78, 5) is 0. The van der Waals surface area contributed by atoms with Crippen molar-refractivity contribution in [2.45, 2.75) is 25.5 Å². The Labute approximate surface area is 93.4 Å². The fourth-order valence-corrected chi connectivity index (χ4v) is 2.05. The van der Waals surface area contributed by atoms with E-state index < -0.39 is 0 Å². The Balaban J connectivity index is 2.23. The van der Waals surface area contributed by atoms with Gasteiger partial charge in [0.2, 0.25) is 0 Å². The Bertz CT molecular complexity index is 392. The summed E-state index contributed by atoms with van der Waals surface area (Å²) < 4.78 is 13.5. The number of methoxy groups -OCH3 is 1. The zero-order chi connectivity index (χ0) is 10.9. The van der Waals surface area contributed by atoms with Gasteiger partial charge in [0.05, 0.1) is 13.2 Å². The predicted molar refractivity (Wildman–Crippen MR) is 57.3 cm³/mol. The fraction of sp³-hybridized carbons (Fsp3) is 0.778. The molecule has 15 heavy (non-hydrogen) atoms. The Morgan fingerprint density at radius 1 is 1.73 bits per heavy atom. The molecule has 0 amide bonds. The van der Waals surface area contributed by atoms with Gasteiger partial charge in [-0.2, -0.15) is 5.10 Å². The van der Waals surface area contributed by atoms with Gasteiger partial charge < -0.3 is 14.0 Å². The number of hydrogen-bond acceptors (Lipinski definition) is 4. The average molecular weight is 229 g/mol. The van der Waals surface area contributed by atoms with Crippen LogP contribution < -0.4 is 0 Å². The molecule has 1 saturated heterocycles. The number of aromatic amines is 1. The van der Waals surface area contributed by atoms with Crippen LogP contribution >= 0.6 is 12.2 Å². The normalized spacial score (nSPS) is 26.0. The molecule has 0 radical (unpaired) electrons. The first-order valence-corrected chi connectivity index (χ1v) is 5.32. The Morgan fingerprint density at radius 3 is 3.00 bits per heavy atom. The lowest BCUT2D eigenvalue weighted by atomic mass is 10.0. The molecule has 0 spiro atoms. The first-order chi connectivity index (χ1) is 7.17. The van der Waals surface area contributed by atoms with E-state index >= 15 is 0 Å². The lowest BCUT2D eigenvalue weighted by molar-refractivity contribution is -0.0301. The summed E-state index contributed by atoms with van der Waals surface area (Å²) in [7, 11) is 1.72. The lowest BCUT2D eigenvalue weighted by Crippen LogP contribution is -2.37. The van der Waals surface area contributed by atoms with Gasteiger partial charge >= 0.3 is 0 Å². The molecule has 84 valence electrons. The number of nitrogens with zero attached hydrogens (tertiary/aromatic N) is 2. The summed E-state index contributed by atoms with van der Waals surface area (Å²) in [6.45, 7) is 3.99. The quantitative estimate of drug-likeness (QED) is 0.787. The van der Waals surface area contributed by atoms with Crippen molar-refractivity contribution in [3.63, 3.8) is 0 Å². The minimum atomic E-state index is -0.243. The van der Waals surface area contributed by atoms with Crippen LogP contribution in [-0.2, 0) is 16.0 Å². The number of rotatable bonds is 3. The molecule has 6 heteroatoms. The second-order valence-corrected chi connectivity index (χ2v) is 4.24. The van der Waals surface area contributed by atoms with Crippen molar-refractivity contribution in [2.75, 3.05) is 20.3 Å². The first-order valence-electron chi connectivity index (χ1n) is 4.92. The molecule has 1 aromatic heterocycles. The van der Waals surface area contributed by atoms with Gasteiger partial charge in [0, 0.05) is 20.1 Å². The van der Waals surface area contributed by atoms with Crippen LogP contribution in [0.3, 0.4) is 0 Å². The molecule has 1 aliphatic rings. The highest BCUT2D eigenvalue weighted by molar-refractivity contribution is 7.71. The van der Waals surface area contributed by atoms with Crippen LogP contribution in [0.4, 0.5) is 0 Å². The summed E-state index contributed by atoms with van der Waals surface area (Å²) in [6, 6.07) is 0. The van der Waals surface area contributed by atoms with Gasteiger partial charge in [-0.15, -0.1) is 0 Å². The molecule has 0 aromatic carbocycles. The van der Waals surface area contributed by atoms with Crippen LogP contribution in [0.25, 0.3) is 0 Å². The third kappa shape index (κ3) is 1.97. The lowest BCUT2D eigenvalue weighted by Gasteiger charge is -2.26. The van der Waals surface area contributed by atoms with Crippen molar-refractivity contribution in [2.24, 2.45) is 0 Å². The zero-order valence-electron chi connectivity index (χ0n) is 8.95. The summed E-state index contributed by atoms with van der Waals surface area (Å²) in [5, 5.41) is 6.84. The molecule has 0 aliphatic carbocycles. The SMILES string of the molecule is COC1(Cn2c(C)n[nH]c2=S)CCOC1. The molecular formula is C9H15N3O2S. The molecule has 2 rings (SSSR count). The minimum absolute atomic E-state index is 0.243. The molecule has 1 atom stereocenters. The van der Waals surface area contributed by atoms with Gasteiger partial charge in [-0.25, -0.2) is 0 Å². The van der Waals surface area contributed by atoms with Gasteiger partial charge in [0.25, 0.3) is 0 Å².